The lowest BCUT2D eigenvalue weighted by atomic mass is 10.1. The summed E-state index contributed by atoms with van der Waals surface area (Å²) < 4.78 is 10.9. The molecule has 0 aliphatic rings. The van der Waals surface area contributed by atoms with Crippen molar-refractivity contribution in [2.75, 3.05) is 26.4 Å². The van der Waals surface area contributed by atoms with Crippen molar-refractivity contribution in [1.82, 2.24) is 0 Å². The lowest BCUT2D eigenvalue weighted by Gasteiger charge is -2.05. The third kappa shape index (κ3) is 19.9. The summed E-state index contributed by atoms with van der Waals surface area (Å²) in [5.74, 6) is 0. The first-order valence-corrected chi connectivity index (χ1v) is 9.89. The Bertz CT molecular complexity index is 163. The van der Waals surface area contributed by atoms with E-state index in [1.807, 2.05) is 0 Å². The Morgan fingerprint density at radius 1 is 0.500 bits per heavy atom. The summed E-state index contributed by atoms with van der Waals surface area (Å²) in [6.07, 6.45) is 19.9. The van der Waals surface area contributed by atoms with E-state index in [9.17, 15) is 0 Å². The first-order valence-electron chi connectivity index (χ1n) is 9.89. The monoisotopic (exact) mass is 313 g/mol. The number of ether oxygens (including phenoxy) is 2. The van der Waals surface area contributed by atoms with E-state index in [2.05, 4.69) is 20.3 Å². The molecule has 133 valence electrons. The molecule has 0 bridgehead atoms. The highest BCUT2D eigenvalue weighted by Crippen LogP contribution is 2.11. The van der Waals surface area contributed by atoms with E-state index in [0.717, 1.165) is 32.8 Å². The molecule has 0 heterocycles. The van der Waals surface area contributed by atoms with Crippen LogP contribution in [0.2, 0.25) is 0 Å². The van der Waals surface area contributed by atoms with Crippen LogP contribution in [0.5, 0.6) is 0 Å². The van der Waals surface area contributed by atoms with Crippen LogP contribution in [-0.2, 0) is 9.47 Å². The zero-order valence-corrected chi connectivity index (χ0v) is 15.4. The molecule has 22 heavy (non-hydrogen) atoms. The van der Waals surface area contributed by atoms with Gasteiger partial charge in [-0.3, -0.25) is 0 Å². The fourth-order valence-corrected chi connectivity index (χ4v) is 2.57. The van der Waals surface area contributed by atoms with Crippen molar-refractivity contribution in [3.63, 3.8) is 0 Å². The molecule has 0 aromatic heterocycles. The van der Waals surface area contributed by atoms with Gasteiger partial charge < -0.3 is 9.47 Å². The highest BCUT2D eigenvalue weighted by atomic mass is 16.5. The minimum atomic E-state index is 0.728. The van der Waals surface area contributed by atoms with Crippen molar-refractivity contribution in [3.8, 4) is 0 Å². The van der Waals surface area contributed by atoms with Crippen LogP contribution in [0.3, 0.4) is 0 Å². The molecule has 0 saturated carbocycles. The van der Waals surface area contributed by atoms with Gasteiger partial charge in [-0.25, -0.2) is 0 Å². The maximum absolute atomic E-state index is 5.57. The van der Waals surface area contributed by atoms with Crippen LogP contribution in [-0.4, -0.2) is 26.4 Å². The molecule has 1 radical (unpaired) electrons. The molecule has 0 unspecified atom stereocenters. The molecule has 0 saturated heterocycles. The van der Waals surface area contributed by atoms with Gasteiger partial charge in [0.2, 0.25) is 0 Å². The van der Waals surface area contributed by atoms with Crippen LogP contribution >= 0.6 is 0 Å². The quantitative estimate of drug-likeness (QED) is 0.259. The Hall–Kier alpha value is -0.0800. The van der Waals surface area contributed by atoms with Gasteiger partial charge in [0.1, 0.15) is 0 Å². The van der Waals surface area contributed by atoms with E-state index in [1.54, 1.807) is 0 Å². The smallest absolute Gasteiger partial charge is 0.0520 e. The van der Waals surface area contributed by atoms with Crippen LogP contribution in [0.25, 0.3) is 0 Å². The lowest BCUT2D eigenvalue weighted by molar-refractivity contribution is 0.113. The van der Waals surface area contributed by atoms with Gasteiger partial charge in [0.05, 0.1) is 13.2 Å². The van der Waals surface area contributed by atoms with Crippen molar-refractivity contribution >= 4 is 0 Å². The fraction of sp³-hybridized carbons (Fsp3) is 0.950. The van der Waals surface area contributed by atoms with Gasteiger partial charge in [-0.2, -0.15) is 0 Å². The topological polar surface area (TPSA) is 18.5 Å². The van der Waals surface area contributed by atoms with Gasteiger partial charge in [0, 0.05) is 19.6 Å². The molecule has 0 aromatic carbocycles. The molecule has 2 nitrogen and oxygen atoms in total. The van der Waals surface area contributed by atoms with E-state index in [4.69, 9.17) is 9.47 Å². The lowest BCUT2D eigenvalue weighted by Crippen LogP contribution is -2.03. The molecule has 0 aromatic rings. The van der Waals surface area contributed by atoms with Crippen molar-refractivity contribution in [2.45, 2.75) is 97.3 Å². The molecule has 0 amide bonds. The molecule has 0 rings (SSSR count). The van der Waals surface area contributed by atoms with Gasteiger partial charge in [0.25, 0.3) is 0 Å². The summed E-state index contributed by atoms with van der Waals surface area (Å²) in [6.45, 7) is 7.64. The average Bonchev–Trinajstić information content (AvgIpc) is 2.54. The molecule has 0 spiro atoms. The summed E-state index contributed by atoms with van der Waals surface area (Å²) in [4.78, 5) is 0. The summed E-state index contributed by atoms with van der Waals surface area (Å²) in [5.41, 5.74) is 0. The zero-order chi connectivity index (χ0) is 16.1. The van der Waals surface area contributed by atoms with E-state index < -0.39 is 0 Å². The highest BCUT2D eigenvalue weighted by Gasteiger charge is 1.94. The first-order chi connectivity index (χ1) is 10.9. The second-order valence-electron chi connectivity index (χ2n) is 6.33. The van der Waals surface area contributed by atoms with Crippen molar-refractivity contribution in [3.05, 3.63) is 6.42 Å². The van der Waals surface area contributed by atoms with Crippen LogP contribution in [0.4, 0.5) is 0 Å². The van der Waals surface area contributed by atoms with Gasteiger partial charge in [-0.05, 0) is 12.8 Å². The SMILES string of the molecule is CCCCCCCCCCCCCCOC[CH]COCCC. The van der Waals surface area contributed by atoms with Gasteiger partial charge >= 0.3 is 0 Å². The minimum absolute atomic E-state index is 0.728. The number of hydrogen-bond donors (Lipinski definition) is 0. The molecule has 2 heteroatoms. The minimum Gasteiger partial charge on any atom is -0.381 e. The number of rotatable bonds is 19. The summed E-state index contributed by atoms with van der Waals surface area (Å²) in [6, 6.07) is 0. The number of hydrogen-bond acceptors (Lipinski definition) is 2. The summed E-state index contributed by atoms with van der Waals surface area (Å²) in [5, 5.41) is 0. The van der Waals surface area contributed by atoms with Gasteiger partial charge in [0.15, 0.2) is 0 Å². The van der Waals surface area contributed by atoms with E-state index >= 15 is 0 Å². The Morgan fingerprint density at radius 3 is 1.45 bits per heavy atom. The van der Waals surface area contributed by atoms with Crippen molar-refractivity contribution in [1.29, 1.82) is 0 Å². The Balaban J connectivity index is 2.91. The van der Waals surface area contributed by atoms with Gasteiger partial charge in [-0.1, -0.05) is 84.5 Å². The number of unbranched alkanes of at least 4 members (excludes halogenated alkanes) is 11. The van der Waals surface area contributed by atoms with Crippen LogP contribution < -0.4 is 0 Å². The Labute approximate surface area is 140 Å². The molecular formula is C20H41O2. The fourth-order valence-electron chi connectivity index (χ4n) is 2.57. The maximum Gasteiger partial charge on any atom is 0.0520 e. The summed E-state index contributed by atoms with van der Waals surface area (Å²) >= 11 is 0. The third-order valence-corrected chi connectivity index (χ3v) is 3.96. The molecule has 0 aliphatic carbocycles. The molecular weight excluding hydrogens is 272 g/mol. The highest BCUT2D eigenvalue weighted by molar-refractivity contribution is 4.61. The van der Waals surface area contributed by atoms with E-state index in [1.165, 1.54) is 77.0 Å². The predicted molar refractivity (Wildman–Crippen MR) is 97.3 cm³/mol. The molecule has 0 atom stereocenters. The third-order valence-electron chi connectivity index (χ3n) is 3.96. The second-order valence-corrected chi connectivity index (χ2v) is 6.33. The van der Waals surface area contributed by atoms with Crippen LogP contribution in [0.1, 0.15) is 97.3 Å². The molecule has 0 aliphatic heterocycles. The average molecular weight is 314 g/mol. The van der Waals surface area contributed by atoms with Crippen LogP contribution in [0, 0.1) is 6.42 Å². The van der Waals surface area contributed by atoms with Crippen LogP contribution in [0.15, 0.2) is 0 Å². The Kier molecular flexibility index (Phi) is 20.8. The molecule has 0 N–H and O–H groups in total. The van der Waals surface area contributed by atoms with Gasteiger partial charge in [-0.15, -0.1) is 0 Å². The van der Waals surface area contributed by atoms with Crippen molar-refractivity contribution < 1.29 is 9.47 Å². The predicted octanol–water partition coefficient (Wildman–Crippen LogP) is 6.33. The Morgan fingerprint density at radius 2 is 0.955 bits per heavy atom. The second kappa shape index (κ2) is 20.9. The maximum atomic E-state index is 5.57. The van der Waals surface area contributed by atoms with E-state index in [-0.39, 0.29) is 0 Å². The van der Waals surface area contributed by atoms with Crippen molar-refractivity contribution in [2.24, 2.45) is 0 Å². The normalized spacial score (nSPS) is 11.2. The standard InChI is InChI=1S/C20H41O2/c1-3-5-6-7-8-9-10-11-12-13-14-15-18-22-20-16-19-21-17-4-2/h16H,3-15,17-20H2,1-2H3. The first kappa shape index (κ1) is 21.9. The van der Waals surface area contributed by atoms with E-state index in [0.29, 0.717) is 0 Å². The zero-order valence-electron chi connectivity index (χ0n) is 15.4. The largest absolute Gasteiger partial charge is 0.381 e. The summed E-state index contributed by atoms with van der Waals surface area (Å²) in [7, 11) is 0. The molecule has 0 fully saturated rings.